The van der Waals surface area contributed by atoms with Gasteiger partial charge >= 0.3 is 0 Å². The second-order valence-corrected chi connectivity index (χ2v) is 5.87. The molecule has 0 aliphatic carbocycles. The highest BCUT2D eigenvalue weighted by molar-refractivity contribution is 5.81. The Hall–Kier alpha value is -1.53. The van der Waals surface area contributed by atoms with E-state index >= 15 is 0 Å². The summed E-state index contributed by atoms with van der Waals surface area (Å²) in [6.07, 6.45) is 1.09. The van der Waals surface area contributed by atoms with Gasteiger partial charge in [0.15, 0.2) is 0 Å². The van der Waals surface area contributed by atoms with E-state index in [0.717, 1.165) is 18.5 Å². The van der Waals surface area contributed by atoms with Crippen molar-refractivity contribution >= 4 is 5.91 Å². The minimum atomic E-state index is -0.852. The van der Waals surface area contributed by atoms with E-state index in [1.165, 1.54) is 17.2 Å². The van der Waals surface area contributed by atoms with Crippen LogP contribution in [0.15, 0.2) is 24.3 Å². The fourth-order valence-corrected chi connectivity index (χ4v) is 3.08. The lowest BCUT2D eigenvalue weighted by Crippen LogP contribution is -2.55. The van der Waals surface area contributed by atoms with Gasteiger partial charge in [-0.1, -0.05) is 12.1 Å². The smallest absolute Gasteiger partial charge is 0.263 e. The van der Waals surface area contributed by atoms with Crippen molar-refractivity contribution in [1.82, 2.24) is 9.96 Å². The van der Waals surface area contributed by atoms with Crippen LogP contribution in [0.1, 0.15) is 24.8 Å². The largest absolute Gasteiger partial charge is 0.289 e. The van der Waals surface area contributed by atoms with Gasteiger partial charge in [-0.25, -0.2) is 13.8 Å². The summed E-state index contributed by atoms with van der Waals surface area (Å²) in [5.74, 6) is -0.445. The quantitative estimate of drug-likeness (QED) is 0.859. The lowest BCUT2D eigenvalue weighted by atomic mass is 10.0. The van der Waals surface area contributed by atoms with E-state index in [4.69, 9.17) is 4.84 Å². The highest BCUT2D eigenvalue weighted by Gasteiger charge is 2.36. The number of hydrogen-bond acceptors (Lipinski definition) is 3. The summed E-state index contributed by atoms with van der Waals surface area (Å²) in [6, 6.07) is 5.68. The van der Waals surface area contributed by atoms with Gasteiger partial charge in [-0.05, 0) is 43.5 Å². The third-order valence-electron chi connectivity index (χ3n) is 4.24. The van der Waals surface area contributed by atoms with Crippen LogP contribution in [-0.4, -0.2) is 47.8 Å². The molecule has 1 unspecified atom stereocenters. The molecule has 2 atom stereocenters. The maximum Gasteiger partial charge on any atom is 0.263 e. The molecule has 1 amide bonds. The zero-order chi connectivity index (χ0) is 15.5. The zero-order valence-corrected chi connectivity index (χ0v) is 12.4. The average Bonchev–Trinajstić information content (AvgIpc) is 2.51. The highest BCUT2D eigenvalue weighted by atomic mass is 19.1. The molecule has 0 radical (unpaired) electrons. The Kier molecular flexibility index (Phi) is 4.69. The molecule has 1 aromatic rings. The van der Waals surface area contributed by atoms with Crippen molar-refractivity contribution in [1.29, 1.82) is 0 Å². The SMILES string of the molecule is O=C1C(N2CCC[C@H](F)C2)CCON1Cc1ccc(F)cc1. The topological polar surface area (TPSA) is 32.8 Å². The summed E-state index contributed by atoms with van der Waals surface area (Å²) in [4.78, 5) is 19.9. The standard InChI is InChI=1S/C16H20F2N2O2/c17-13-5-3-12(4-6-13)10-20-16(21)15(7-9-22-20)19-8-1-2-14(18)11-19/h3-6,14-15H,1-2,7-11H2/t14-,15?/m0/s1. The van der Waals surface area contributed by atoms with E-state index in [2.05, 4.69) is 0 Å². The summed E-state index contributed by atoms with van der Waals surface area (Å²) in [5.41, 5.74) is 0.803. The first kappa shape index (κ1) is 15.4. The van der Waals surface area contributed by atoms with Crippen molar-refractivity contribution in [2.75, 3.05) is 19.7 Å². The molecule has 0 saturated carbocycles. The van der Waals surface area contributed by atoms with E-state index in [9.17, 15) is 13.6 Å². The first-order valence-corrected chi connectivity index (χ1v) is 7.70. The average molecular weight is 310 g/mol. The number of benzene rings is 1. The van der Waals surface area contributed by atoms with Crippen LogP contribution >= 0.6 is 0 Å². The van der Waals surface area contributed by atoms with Gasteiger partial charge < -0.3 is 0 Å². The normalized spacial score (nSPS) is 27.2. The molecule has 2 aliphatic heterocycles. The molecule has 2 aliphatic rings. The third kappa shape index (κ3) is 3.44. The van der Waals surface area contributed by atoms with Crippen molar-refractivity contribution in [2.24, 2.45) is 0 Å². The molecule has 0 bridgehead atoms. The predicted molar refractivity (Wildman–Crippen MR) is 77.0 cm³/mol. The van der Waals surface area contributed by atoms with Crippen LogP contribution in [0.4, 0.5) is 8.78 Å². The summed E-state index contributed by atoms with van der Waals surface area (Å²) in [5, 5.41) is 1.32. The van der Waals surface area contributed by atoms with Crippen LogP contribution in [0, 0.1) is 5.82 Å². The van der Waals surface area contributed by atoms with E-state index < -0.39 is 6.17 Å². The molecule has 6 heteroatoms. The summed E-state index contributed by atoms with van der Waals surface area (Å²) in [7, 11) is 0. The molecule has 22 heavy (non-hydrogen) atoms. The number of halogens is 2. The Morgan fingerprint density at radius 2 is 2.00 bits per heavy atom. The molecule has 0 aromatic heterocycles. The van der Waals surface area contributed by atoms with Crippen LogP contribution in [0.3, 0.4) is 0 Å². The van der Waals surface area contributed by atoms with E-state index in [1.807, 2.05) is 4.90 Å². The lowest BCUT2D eigenvalue weighted by molar-refractivity contribution is -0.212. The van der Waals surface area contributed by atoms with Gasteiger partial charge in [0, 0.05) is 6.54 Å². The molecular weight excluding hydrogens is 290 g/mol. The molecule has 0 N–H and O–H groups in total. The lowest BCUT2D eigenvalue weighted by Gasteiger charge is -2.40. The number of amides is 1. The Balaban J connectivity index is 1.65. The number of likely N-dealkylation sites (tertiary alicyclic amines) is 1. The predicted octanol–water partition coefficient (Wildman–Crippen LogP) is 2.29. The molecule has 0 spiro atoms. The second-order valence-electron chi connectivity index (χ2n) is 5.87. The van der Waals surface area contributed by atoms with Gasteiger partial charge in [0.1, 0.15) is 12.0 Å². The van der Waals surface area contributed by atoms with Crippen molar-refractivity contribution in [3.63, 3.8) is 0 Å². The molecular formula is C16H20F2N2O2. The van der Waals surface area contributed by atoms with Crippen molar-refractivity contribution in [3.8, 4) is 0 Å². The van der Waals surface area contributed by atoms with Crippen LogP contribution in [0.2, 0.25) is 0 Å². The molecule has 3 rings (SSSR count). The second kappa shape index (κ2) is 6.71. The van der Waals surface area contributed by atoms with E-state index in [0.29, 0.717) is 26.0 Å². The Morgan fingerprint density at radius 3 is 2.73 bits per heavy atom. The number of hydroxylamine groups is 2. The van der Waals surface area contributed by atoms with E-state index in [-0.39, 0.29) is 24.3 Å². The maximum absolute atomic E-state index is 13.6. The van der Waals surface area contributed by atoms with Gasteiger partial charge in [-0.2, -0.15) is 0 Å². The molecule has 2 saturated heterocycles. The maximum atomic E-state index is 13.6. The molecule has 120 valence electrons. The number of carbonyl (C=O) groups is 1. The summed E-state index contributed by atoms with van der Waals surface area (Å²) in [6.45, 7) is 1.79. The minimum Gasteiger partial charge on any atom is -0.289 e. The van der Waals surface area contributed by atoms with Gasteiger partial charge in [0.05, 0.1) is 19.2 Å². The minimum absolute atomic E-state index is 0.135. The molecule has 2 fully saturated rings. The Labute approximate surface area is 128 Å². The number of carbonyl (C=O) groups excluding carboxylic acids is 1. The van der Waals surface area contributed by atoms with Gasteiger partial charge in [0.2, 0.25) is 0 Å². The highest BCUT2D eigenvalue weighted by Crippen LogP contribution is 2.22. The van der Waals surface area contributed by atoms with Crippen LogP contribution in [0.25, 0.3) is 0 Å². The Morgan fingerprint density at radius 1 is 1.23 bits per heavy atom. The van der Waals surface area contributed by atoms with Crippen LogP contribution in [0.5, 0.6) is 0 Å². The molecule has 1 aromatic carbocycles. The number of nitrogens with zero attached hydrogens (tertiary/aromatic N) is 2. The fourth-order valence-electron chi connectivity index (χ4n) is 3.08. The first-order valence-electron chi connectivity index (χ1n) is 7.70. The summed E-state index contributed by atoms with van der Waals surface area (Å²) < 4.78 is 26.5. The number of hydrogen-bond donors (Lipinski definition) is 0. The third-order valence-corrected chi connectivity index (χ3v) is 4.24. The van der Waals surface area contributed by atoms with Crippen molar-refractivity contribution < 1.29 is 18.4 Å². The number of rotatable bonds is 3. The monoisotopic (exact) mass is 310 g/mol. The molecule has 2 heterocycles. The first-order chi connectivity index (χ1) is 10.6. The van der Waals surface area contributed by atoms with Crippen molar-refractivity contribution in [3.05, 3.63) is 35.6 Å². The van der Waals surface area contributed by atoms with Crippen molar-refractivity contribution in [2.45, 2.75) is 38.0 Å². The van der Waals surface area contributed by atoms with Crippen LogP contribution in [-0.2, 0) is 16.2 Å². The number of piperidine rings is 1. The van der Waals surface area contributed by atoms with Crippen LogP contribution < -0.4 is 0 Å². The fraction of sp³-hybridized carbons (Fsp3) is 0.562. The zero-order valence-electron chi connectivity index (χ0n) is 12.4. The molecule has 4 nitrogen and oxygen atoms in total. The van der Waals surface area contributed by atoms with Gasteiger partial charge in [-0.3, -0.25) is 14.5 Å². The number of alkyl halides is 1. The van der Waals surface area contributed by atoms with Gasteiger partial charge in [0.25, 0.3) is 5.91 Å². The summed E-state index contributed by atoms with van der Waals surface area (Å²) >= 11 is 0. The Bertz CT molecular complexity index is 523. The van der Waals surface area contributed by atoms with Gasteiger partial charge in [-0.15, -0.1) is 0 Å². The van der Waals surface area contributed by atoms with E-state index in [1.54, 1.807) is 12.1 Å².